The maximum absolute atomic E-state index is 10.2. The van der Waals surface area contributed by atoms with Gasteiger partial charge in [0.25, 0.3) is 0 Å². The Labute approximate surface area is 147 Å². The molecule has 0 radical (unpaired) electrons. The average molecular weight is 354 g/mol. The molecule has 2 saturated heterocycles. The fourth-order valence-electron chi connectivity index (χ4n) is 3.02. The third-order valence-corrected chi connectivity index (χ3v) is 4.50. The van der Waals surface area contributed by atoms with Crippen LogP contribution >= 0.6 is 0 Å². The van der Waals surface area contributed by atoms with Crippen molar-refractivity contribution in [3.05, 3.63) is 0 Å². The quantitative estimate of drug-likeness (QED) is 0.427. The lowest BCUT2D eigenvalue weighted by atomic mass is 9.97. The van der Waals surface area contributed by atoms with Crippen LogP contribution in [0.2, 0.25) is 0 Å². The molecule has 0 saturated carbocycles. The van der Waals surface area contributed by atoms with Crippen LogP contribution in [0.3, 0.4) is 0 Å². The van der Waals surface area contributed by atoms with E-state index in [2.05, 4.69) is 9.98 Å². The van der Waals surface area contributed by atoms with Gasteiger partial charge in [-0.2, -0.15) is 0 Å². The van der Waals surface area contributed by atoms with Crippen LogP contribution in [0.5, 0.6) is 0 Å². The molecule has 2 rings (SSSR count). The summed E-state index contributed by atoms with van der Waals surface area (Å²) in [7, 11) is 0. The van der Waals surface area contributed by atoms with Gasteiger partial charge in [0.2, 0.25) is 12.2 Å². The number of ether oxygens (including phenoxy) is 4. The molecule has 8 heteroatoms. The Bertz CT molecular complexity index is 531. The minimum absolute atomic E-state index is 0.116. The number of rotatable bonds is 10. The summed E-state index contributed by atoms with van der Waals surface area (Å²) in [6, 6.07) is 0. The molecule has 2 fully saturated rings. The van der Waals surface area contributed by atoms with Gasteiger partial charge in [-0.05, 0) is 18.8 Å². The number of hydrogen-bond acceptors (Lipinski definition) is 8. The Morgan fingerprint density at radius 2 is 1.76 bits per heavy atom. The third kappa shape index (κ3) is 5.28. The van der Waals surface area contributed by atoms with Gasteiger partial charge in [0, 0.05) is 0 Å². The highest BCUT2D eigenvalue weighted by Crippen LogP contribution is 2.38. The van der Waals surface area contributed by atoms with Gasteiger partial charge >= 0.3 is 0 Å². The number of isocyanates is 2. The summed E-state index contributed by atoms with van der Waals surface area (Å²) in [5.74, 6) is 0.244. The van der Waals surface area contributed by atoms with Crippen molar-refractivity contribution in [3.8, 4) is 0 Å². The lowest BCUT2D eigenvalue weighted by Gasteiger charge is -2.29. The second-order valence-corrected chi connectivity index (χ2v) is 7.10. The molecule has 0 aromatic rings. The number of carbonyl (C=O) groups excluding carboxylic acids is 2. The summed E-state index contributed by atoms with van der Waals surface area (Å²) in [4.78, 5) is 27.5. The monoisotopic (exact) mass is 354 g/mol. The van der Waals surface area contributed by atoms with Gasteiger partial charge < -0.3 is 18.9 Å². The molecule has 0 spiro atoms. The molecule has 2 aliphatic heterocycles. The zero-order valence-corrected chi connectivity index (χ0v) is 15.0. The molecule has 25 heavy (non-hydrogen) atoms. The molecule has 0 aromatic carbocycles. The first-order chi connectivity index (χ1) is 12.0. The largest absolute Gasteiger partial charge is 0.373 e. The predicted octanol–water partition coefficient (Wildman–Crippen LogP) is 0.888. The average Bonchev–Trinajstić information content (AvgIpc) is 3.16. The van der Waals surface area contributed by atoms with E-state index in [0.29, 0.717) is 39.5 Å². The van der Waals surface area contributed by atoms with Gasteiger partial charge in [0.15, 0.2) is 0 Å². The normalized spacial score (nSPS) is 33.2. The van der Waals surface area contributed by atoms with Crippen LogP contribution in [0.25, 0.3) is 0 Å². The van der Waals surface area contributed by atoms with Gasteiger partial charge in [-0.25, -0.2) is 19.6 Å². The number of aliphatic imine (C=N–C) groups is 2. The first-order valence-electron chi connectivity index (χ1n) is 8.56. The van der Waals surface area contributed by atoms with E-state index < -0.39 is 5.60 Å². The molecule has 140 valence electrons. The summed E-state index contributed by atoms with van der Waals surface area (Å²) in [6.45, 7) is 8.49. The van der Waals surface area contributed by atoms with Crippen molar-refractivity contribution < 1.29 is 28.5 Å². The maximum atomic E-state index is 10.2. The van der Waals surface area contributed by atoms with Crippen LogP contribution in [-0.2, 0) is 28.5 Å². The summed E-state index contributed by atoms with van der Waals surface area (Å²) >= 11 is 0. The highest BCUT2D eigenvalue weighted by Gasteiger charge is 2.55. The van der Waals surface area contributed by atoms with Crippen molar-refractivity contribution in [2.24, 2.45) is 21.8 Å². The third-order valence-electron chi connectivity index (χ3n) is 4.50. The zero-order valence-electron chi connectivity index (χ0n) is 15.0. The Morgan fingerprint density at radius 1 is 1.12 bits per heavy atom. The number of fused-ring (bicyclic) bond motifs is 1. The van der Waals surface area contributed by atoms with Crippen LogP contribution < -0.4 is 0 Å². The van der Waals surface area contributed by atoms with E-state index in [1.165, 1.54) is 6.08 Å². The fourth-order valence-corrected chi connectivity index (χ4v) is 3.02. The standard InChI is InChI=1S/C17H26N2O6/c1-12(4-18-10-20)6-22-14-8-23-16-15(14)24-9-17(16,3)25-7-13(2)5-19-11-21/h12-16H,4-9H2,1-3H3/t12?,13?,14-,15?,16?,17-/m1/s1. The van der Waals surface area contributed by atoms with Crippen molar-refractivity contribution in [2.75, 3.05) is 39.5 Å². The van der Waals surface area contributed by atoms with Gasteiger partial charge in [0.05, 0.1) is 39.5 Å². The van der Waals surface area contributed by atoms with E-state index in [9.17, 15) is 9.59 Å². The Hall–Kier alpha value is -1.40. The first-order valence-corrected chi connectivity index (χ1v) is 8.56. The van der Waals surface area contributed by atoms with E-state index >= 15 is 0 Å². The topological polar surface area (TPSA) is 95.8 Å². The summed E-state index contributed by atoms with van der Waals surface area (Å²) in [5, 5.41) is 0. The number of nitrogens with zero attached hydrogens (tertiary/aromatic N) is 2. The molecule has 2 aliphatic rings. The van der Waals surface area contributed by atoms with Crippen LogP contribution in [0.15, 0.2) is 9.98 Å². The summed E-state index contributed by atoms with van der Waals surface area (Å²) < 4.78 is 23.7. The van der Waals surface area contributed by atoms with Gasteiger partial charge in [-0.1, -0.05) is 13.8 Å². The molecule has 0 aromatic heterocycles. The van der Waals surface area contributed by atoms with Crippen molar-refractivity contribution in [2.45, 2.75) is 44.7 Å². The fraction of sp³-hybridized carbons (Fsp3) is 0.882. The van der Waals surface area contributed by atoms with E-state index in [1.54, 1.807) is 6.08 Å². The maximum Gasteiger partial charge on any atom is 0.234 e. The second-order valence-electron chi connectivity index (χ2n) is 7.10. The van der Waals surface area contributed by atoms with E-state index in [0.717, 1.165) is 0 Å². The van der Waals surface area contributed by atoms with Gasteiger partial charge in [-0.15, -0.1) is 0 Å². The Morgan fingerprint density at radius 3 is 2.40 bits per heavy atom. The van der Waals surface area contributed by atoms with Crippen LogP contribution in [0.4, 0.5) is 0 Å². The van der Waals surface area contributed by atoms with E-state index in [-0.39, 0.29) is 30.1 Å². The molecule has 0 bridgehead atoms. The highest BCUT2D eigenvalue weighted by atomic mass is 16.6. The highest BCUT2D eigenvalue weighted by molar-refractivity contribution is 5.33. The summed E-state index contributed by atoms with van der Waals surface area (Å²) in [5.41, 5.74) is -0.546. The lowest BCUT2D eigenvalue weighted by Crippen LogP contribution is -2.44. The SMILES string of the molecule is CC(CN=C=O)CO[C@@H]1COC2C1OC[C@@]2(C)OCC(C)CN=C=O. The molecular formula is C17H26N2O6. The Balaban J connectivity index is 1.81. The predicted molar refractivity (Wildman–Crippen MR) is 87.9 cm³/mol. The molecule has 4 unspecified atom stereocenters. The van der Waals surface area contributed by atoms with Crippen molar-refractivity contribution >= 4 is 12.2 Å². The molecule has 2 heterocycles. The second kappa shape index (κ2) is 9.34. The molecule has 8 nitrogen and oxygen atoms in total. The molecule has 0 amide bonds. The van der Waals surface area contributed by atoms with Crippen molar-refractivity contribution in [3.63, 3.8) is 0 Å². The van der Waals surface area contributed by atoms with Gasteiger partial charge in [-0.3, -0.25) is 0 Å². The van der Waals surface area contributed by atoms with Gasteiger partial charge in [0.1, 0.15) is 23.9 Å². The van der Waals surface area contributed by atoms with Crippen molar-refractivity contribution in [1.82, 2.24) is 0 Å². The number of hydrogen-bond donors (Lipinski definition) is 0. The zero-order chi connectivity index (χ0) is 18.3. The minimum Gasteiger partial charge on any atom is -0.373 e. The van der Waals surface area contributed by atoms with Crippen LogP contribution in [0.1, 0.15) is 20.8 Å². The lowest BCUT2D eigenvalue weighted by molar-refractivity contribution is -0.113. The first kappa shape index (κ1) is 19.9. The molecule has 0 N–H and O–H groups in total. The molecule has 0 aliphatic carbocycles. The van der Waals surface area contributed by atoms with Crippen LogP contribution in [-0.4, -0.2) is 75.6 Å². The van der Waals surface area contributed by atoms with E-state index in [1.807, 2.05) is 20.8 Å². The van der Waals surface area contributed by atoms with Crippen LogP contribution in [0, 0.1) is 11.8 Å². The summed E-state index contributed by atoms with van der Waals surface area (Å²) in [6.07, 6.45) is 2.56. The molecule has 6 atom stereocenters. The molecular weight excluding hydrogens is 328 g/mol. The van der Waals surface area contributed by atoms with E-state index in [4.69, 9.17) is 18.9 Å². The minimum atomic E-state index is -0.546. The van der Waals surface area contributed by atoms with Crippen molar-refractivity contribution in [1.29, 1.82) is 0 Å². The Kier molecular flexibility index (Phi) is 7.44. The smallest absolute Gasteiger partial charge is 0.234 e.